The second-order valence-corrected chi connectivity index (χ2v) is 0.224. The summed E-state index contributed by atoms with van der Waals surface area (Å²) in [5.41, 5.74) is 0. The summed E-state index contributed by atoms with van der Waals surface area (Å²) in [6, 6.07) is 0. The summed E-state index contributed by atoms with van der Waals surface area (Å²) >= 11 is 0. The molecule has 0 aromatic carbocycles. The summed E-state index contributed by atoms with van der Waals surface area (Å²) < 4.78 is 0. The molecular formula is C2H6KO. The number of hydrogen-bond donors (Lipinski definition) is 1. The quantitative estimate of drug-likeness (QED) is 0.380. The van der Waals surface area contributed by atoms with Crippen LogP contribution in [0.5, 0.6) is 0 Å². The molecule has 0 aromatic rings. The summed E-state index contributed by atoms with van der Waals surface area (Å²) in [4.78, 5) is 0. The van der Waals surface area contributed by atoms with E-state index < -0.39 is 0 Å². The van der Waals surface area contributed by atoms with Crippen LogP contribution < -0.4 is 0 Å². The molecule has 0 aliphatic rings. The molecule has 4 heavy (non-hydrogen) atoms. The molecule has 1 nitrogen and oxygen atoms in total. The Kier molecular flexibility index (Phi) is 20.2. The van der Waals surface area contributed by atoms with Gasteiger partial charge in [0.05, 0.1) is 0 Å². The fourth-order valence-electron chi connectivity index (χ4n) is 0. The van der Waals surface area contributed by atoms with Gasteiger partial charge in [-0.1, -0.05) is 0 Å². The van der Waals surface area contributed by atoms with Gasteiger partial charge in [-0.2, -0.15) is 0 Å². The third-order valence-electron chi connectivity index (χ3n) is 0. The van der Waals surface area contributed by atoms with E-state index in [1.807, 2.05) is 0 Å². The van der Waals surface area contributed by atoms with Crippen LogP contribution in [0, 0.1) is 6.92 Å². The Bertz CT molecular complexity index is 6.00. The van der Waals surface area contributed by atoms with Crippen molar-refractivity contribution in [2.45, 2.75) is 0 Å². The van der Waals surface area contributed by atoms with E-state index in [0.29, 0.717) is 0 Å². The first-order valence-corrected chi connectivity index (χ1v) is 0.816. The average molecular weight is 85.2 g/mol. The van der Waals surface area contributed by atoms with Crippen LogP contribution in [-0.4, -0.2) is 63.1 Å². The Balaban J connectivity index is 0. The van der Waals surface area contributed by atoms with Crippen molar-refractivity contribution in [2.24, 2.45) is 0 Å². The van der Waals surface area contributed by atoms with E-state index in [1.54, 1.807) is 0 Å². The predicted octanol–water partition coefficient (Wildman–Crippen LogP) is -0.836. The Hall–Kier alpha value is 1.60. The van der Waals surface area contributed by atoms with Gasteiger partial charge in [0.25, 0.3) is 0 Å². The zero-order valence-electron chi connectivity index (χ0n) is 1.86. The molecule has 2 heteroatoms. The van der Waals surface area contributed by atoms with Crippen LogP contribution in [0.4, 0.5) is 0 Å². The first-order valence-electron chi connectivity index (χ1n) is 0.816. The molecule has 0 spiro atoms. The van der Waals surface area contributed by atoms with Gasteiger partial charge in [-0.15, -0.1) is 0 Å². The maximum absolute atomic E-state index is 7.46. The number of hydrogen-bond acceptors (Lipinski definition) is 1. The monoisotopic (exact) mass is 85.0 g/mol. The third kappa shape index (κ3) is 9.51. The SMILES string of the molecule is [CH2]CO.[KH]. The van der Waals surface area contributed by atoms with Crippen LogP contribution in [0.25, 0.3) is 0 Å². The van der Waals surface area contributed by atoms with Crippen LogP contribution in [0.2, 0.25) is 0 Å². The van der Waals surface area contributed by atoms with Crippen LogP contribution in [-0.2, 0) is 0 Å². The molecule has 0 heterocycles. The molecule has 0 saturated carbocycles. The van der Waals surface area contributed by atoms with Gasteiger partial charge in [-0.3, -0.25) is 0 Å². The summed E-state index contributed by atoms with van der Waals surface area (Å²) in [6.45, 7) is 3.04. The Morgan fingerprint density at radius 1 is 1.75 bits per heavy atom. The van der Waals surface area contributed by atoms with Crippen LogP contribution in [0.3, 0.4) is 0 Å². The van der Waals surface area contributed by atoms with E-state index in [1.165, 1.54) is 0 Å². The van der Waals surface area contributed by atoms with E-state index in [9.17, 15) is 0 Å². The molecule has 0 aromatic heterocycles. The van der Waals surface area contributed by atoms with E-state index in [4.69, 9.17) is 5.11 Å². The molecule has 0 rings (SSSR count). The summed E-state index contributed by atoms with van der Waals surface area (Å²) in [6.07, 6.45) is 0. The van der Waals surface area contributed by atoms with E-state index in [0.717, 1.165) is 0 Å². The molecule has 0 fully saturated rings. The van der Waals surface area contributed by atoms with Crippen molar-refractivity contribution in [1.29, 1.82) is 0 Å². The maximum atomic E-state index is 7.46. The summed E-state index contributed by atoms with van der Waals surface area (Å²) in [5, 5.41) is 7.46. The second-order valence-electron chi connectivity index (χ2n) is 0.224. The van der Waals surface area contributed by atoms with E-state index in [2.05, 4.69) is 6.92 Å². The molecule has 0 amide bonds. The number of aliphatic hydroxyl groups excluding tert-OH is 1. The van der Waals surface area contributed by atoms with Gasteiger partial charge in [0.15, 0.2) is 0 Å². The van der Waals surface area contributed by atoms with E-state index in [-0.39, 0.29) is 58.0 Å². The molecule has 0 bridgehead atoms. The number of aliphatic hydroxyl groups is 1. The Morgan fingerprint density at radius 2 is 1.75 bits per heavy atom. The first kappa shape index (κ1) is 9.14. The van der Waals surface area contributed by atoms with Crippen molar-refractivity contribution in [3.8, 4) is 0 Å². The van der Waals surface area contributed by atoms with Gasteiger partial charge in [0, 0.05) is 6.61 Å². The molecule has 21 valence electrons. The van der Waals surface area contributed by atoms with Crippen molar-refractivity contribution in [3.63, 3.8) is 0 Å². The van der Waals surface area contributed by atoms with Gasteiger partial charge in [0.2, 0.25) is 0 Å². The molecule has 0 atom stereocenters. The van der Waals surface area contributed by atoms with E-state index >= 15 is 0 Å². The van der Waals surface area contributed by atoms with Crippen molar-refractivity contribution in [3.05, 3.63) is 6.92 Å². The zero-order chi connectivity index (χ0) is 2.71. The molecule has 1 N–H and O–H groups in total. The fraction of sp³-hybridized carbons (Fsp3) is 0.500. The number of rotatable bonds is 0. The van der Waals surface area contributed by atoms with Crippen LogP contribution in [0.1, 0.15) is 0 Å². The molecule has 0 aliphatic carbocycles. The Labute approximate surface area is 68.8 Å². The molecule has 0 unspecified atom stereocenters. The minimum atomic E-state index is 0. The molecule has 1 radical (unpaired) electrons. The van der Waals surface area contributed by atoms with Gasteiger partial charge >= 0.3 is 51.4 Å². The van der Waals surface area contributed by atoms with Crippen molar-refractivity contribution in [2.75, 3.05) is 6.61 Å². The zero-order valence-corrected chi connectivity index (χ0v) is 1.86. The van der Waals surface area contributed by atoms with Crippen LogP contribution >= 0.6 is 0 Å². The minimum absolute atomic E-state index is 0. The summed E-state index contributed by atoms with van der Waals surface area (Å²) in [5.74, 6) is 0. The van der Waals surface area contributed by atoms with Crippen LogP contribution in [0.15, 0.2) is 0 Å². The molecular weight excluding hydrogens is 79.1 g/mol. The normalized spacial score (nSPS) is 4.50. The van der Waals surface area contributed by atoms with Gasteiger partial charge in [0.1, 0.15) is 0 Å². The molecule has 0 saturated heterocycles. The average Bonchev–Trinajstić information content (AvgIpc) is 0.918. The third-order valence-corrected chi connectivity index (χ3v) is 0. The standard InChI is InChI=1S/C2H5O.K.H/c1-2-3;;/h3H,1-2H2;;. The first-order chi connectivity index (χ1) is 1.41. The van der Waals surface area contributed by atoms with Gasteiger partial charge < -0.3 is 5.11 Å². The molecule has 0 aliphatic heterocycles. The van der Waals surface area contributed by atoms with Gasteiger partial charge in [-0.25, -0.2) is 0 Å². The van der Waals surface area contributed by atoms with Gasteiger partial charge in [-0.05, 0) is 6.92 Å². The fourth-order valence-corrected chi connectivity index (χ4v) is 0. The topological polar surface area (TPSA) is 20.2 Å². The predicted molar refractivity (Wildman–Crippen MR) is 19.6 cm³/mol. The van der Waals surface area contributed by atoms with Crippen molar-refractivity contribution < 1.29 is 5.11 Å². The van der Waals surface area contributed by atoms with Crippen molar-refractivity contribution >= 4 is 51.4 Å². The Morgan fingerprint density at radius 3 is 1.75 bits per heavy atom. The van der Waals surface area contributed by atoms with Crippen molar-refractivity contribution in [1.82, 2.24) is 0 Å². The second kappa shape index (κ2) is 8.82. The summed E-state index contributed by atoms with van der Waals surface area (Å²) in [7, 11) is 0.